The Kier molecular flexibility index (Phi) is 5.59. The summed E-state index contributed by atoms with van der Waals surface area (Å²) in [6, 6.07) is 0. The van der Waals surface area contributed by atoms with E-state index < -0.39 is 0 Å². The van der Waals surface area contributed by atoms with Crippen molar-refractivity contribution >= 4 is 11.6 Å². The molecule has 1 saturated carbocycles. The van der Waals surface area contributed by atoms with Crippen LogP contribution in [-0.4, -0.2) is 34.3 Å². The number of rotatable bonds is 8. The van der Waals surface area contributed by atoms with Crippen LogP contribution in [0.3, 0.4) is 0 Å². The predicted octanol–water partition coefficient (Wildman–Crippen LogP) is 2.43. The van der Waals surface area contributed by atoms with Gasteiger partial charge in [-0.2, -0.15) is 0 Å². The van der Waals surface area contributed by atoms with Crippen LogP contribution in [0.5, 0.6) is 0 Å². The quantitative estimate of drug-likeness (QED) is 0.681. The van der Waals surface area contributed by atoms with Gasteiger partial charge in [0.25, 0.3) is 0 Å². The van der Waals surface area contributed by atoms with Crippen LogP contribution in [0.15, 0.2) is 6.33 Å². The molecule has 1 fully saturated rings. The lowest BCUT2D eigenvalue weighted by molar-refractivity contribution is 0.0486. The maximum absolute atomic E-state index is 9.33. The maximum atomic E-state index is 9.33. The Morgan fingerprint density at radius 3 is 2.45 bits per heavy atom. The molecule has 1 aromatic rings. The average molecular weight is 278 g/mol. The molecule has 0 radical (unpaired) electrons. The second-order valence-electron chi connectivity index (χ2n) is 5.60. The highest BCUT2D eigenvalue weighted by molar-refractivity contribution is 5.57. The summed E-state index contributed by atoms with van der Waals surface area (Å²) in [5, 5.41) is 16.1. The van der Waals surface area contributed by atoms with Crippen molar-refractivity contribution in [3.63, 3.8) is 0 Å². The van der Waals surface area contributed by atoms with Gasteiger partial charge in [0.05, 0.1) is 6.10 Å². The molecule has 1 heterocycles. The van der Waals surface area contributed by atoms with Gasteiger partial charge in [0.2, 0.25) is 0 Å². The van der Waals surface area contributed by atoms with Crippen molar-refractivity contribution in [2.24, 2.45) is 5.92 Å². The van der Waals surface area contributed by atoms with Gasteiger partial charge < -0.3 is 15.7 Å². The summed E-state index contributed by atoms with van der Waals surface area (Å²) in [7, 11) is 0. The normalized spacial score (nSPS) is 21.4. The molecule has 0 spiro atoms. The molecule has 0 aliphatic heterocycles. The molecule has 5 nitrogen and oxygen atoms in total. The van der Waals surface area contributed by atoms with E-state index in [0.717, 1.165) is 56.8 Å². The Morgan fingerprint density at radius 1 is 1.15 bits per heavy atom. The first-order valence-electron chi connectivity index (χ1n) is 7.74. The Morgan fingerprint density at radius 2 is 1.85 bits per heavy atom. The van der Waals surface area contributed by atoms with Crippen LogP contribution in [0.4, 0.5) is 11.6 Å². The summed E-state index contributed by atoms with van der Waals surface area (Å²) in [5.41, 5.74) is 1.18. The molecule has 3 N–H and O–H groups in total. The van der Waals surface area contributed by atoms with E-state index in [1.807, 2.05) is 0 Å². The number of anilines is 2. The summed E-state index contributed by atoms with van der Waals surface area (Å²) in [4.78, 5) is 8.76. The third-order valence-corrected chi connectivity index (χ3v) is 3.76. The summed E-state index contributed by atoms with van der Waals surface area (Å²) in [5.74, 6) is 2.48. The molecule has 0 saturated heterocycles. The molecular weight excluding hydrogens is 252 g/mol. The van der Waals surface area contributed by atoms with E-state index in [1.54, 1.807) is 6.33 Å². The van der Waals surface area contributed by atoms with Gasteiger partial charge in [-0.1, -0.05) is 20.3 Å². The van der Waals surface area contributed by atoms with Gasteiger partial charge in [0.15, 0.2) is 0 Å². The zero-order valence-electron chi connectivity index (χ0n) is 12.5. The molecule has 0 aromatic carbocycles. The minimum absolute atomic E-state index is 0.0934. The van der Waals surface area contributed by atoms with Gasteiger partial charge in [-0.05, 0) is 31.6 Å². The molecular formula is C15H26N4O. The van der Waals surface area contributed by atoms with Crippen LogP contribution < -0.4 is 10.6 Å². The van der Waals surface area contributed by atoms with Gasteiger partial charge in [-0.3, -0.25) is 0 Å². The number of aliphatic hydroxyl groups is 1. The Bertz CT molecular complexity index is 418. The Balaban J connectivity index is 2.01. The molecule has 1 aliphatic rings. The highest BCUT2D eigenvalue weighted by atomic mass is 16.3. The number of aliphatic hydroxyl groups excluding tert-OH is 1. The van der Waals surface area contributed by atoms with E-state index in [1.165, 1.54) is 5.56 Å². The summed E-state index contributed by atoms with van der Waals surface area (Å²) >= 11 is 0. The average Bonchev–Trinajstić information content (AvgIpc) is 2.42. The third-order valence-electron chi connectivity index (χ3n) is 3.76. The zero-order valence-corrected chi connectivity index (χ0v) is 12.5. The smallest absolute Gasteiger partial charge is 0.134 e. The lowest BCUT2D eigenvalue weighted by Crippen LogP contribution is -2.33. The third kappa shape index (κ3) is 3.82. The fourth-order valence-electron chi connectivity index (χ4n) is 2.56. The number of nitrogens with one attached hydrogen (secondary N) is 2. The summed E-state index contributed by atoms with van der Waals surface area (Å²) < 4.78 is 0. The Hall–Kier alpha value is -1.36. The molecule has 0 amide bonds. The van der Waals surface area contributed by atoms with E-state index in [9.17, 15) is 5.11 Å². The first-order chi connectivity index (χ1) is 9.74. The molecule has 0 bridgehead atoms. The van der Waals surface area contributed by atoms with Crippen LogP contribution in [0.1, 0.15) is 45.1 Å². The Labute approximate surface area is 121 Å². The summed E-state index contributed by atoms with van der Waals surface area (Å²) in [6.45, 7) is 6.14. The lowest BCUT2D eigenvalue weighted by Gasteiger charge is -2.31. The monoisotopic (exact) mass is 278 g/mol. The molecule has 0 atom stereocenters. The molecule has 1 aliphatic carbocycles. The van der Waals surface area contributed by atoms with Gasteiger partial charge >= 0.3 is 0 Å². The summed E-state index contributed by atoms with van der Waals surface area (Å²) in [6.07, 6.45) is 6.47. The van der Waals surface area contributed by atoms with Crippen molar-refractivity contribution in [3.05, 3.63) is 11.9 Å². The number of nitrogens with zero attached hydrogens (tertiary/aromatic N) is 2. The van der Waals surface area contributed by atoms with Crippen molar-refractivity contribution in [2.45, 2.75) is 52.1 Å². The first kappa shape index (κ1) is 15.0. The number of aromatic nitrogens is 2. The molecule has 1 aromatic heterocycles. The van der Waals surface area contributed by atoms with Crippen molar-refractivity contribution in [3.8, 4) is 0 Å². The van der Waals surface area contributed by atoms with Crippen LogP contribution in [0.25, 0.3) is 0 Å². The van der Waals surface area contributed by atoms with E-state index in [-0.39, 0.29) is 6.10 Å². The van der Waals surface area contributed by atoms with Crippen molar-refractivity contribution in [1.82, 2.24) is 9.97 Å². The number of hydrogen-bond donors (Lipinski definition) is 3. The van der Waals surface area contributed by atoms with Crippen LogP contribution in [0, 0.1) is 5.92 Å². The predicted molar refractivity (Wildman–Crippen MR) is 82.0 cm³/mol. The van der Waals surface area contributed by atoms with Crippen molar-refractivity contribution in [2.75, 3.05) is 23.7 Å². The highest BCUT2D eigenvalue weighted by Gasteiger charge is 2.27. The fourth-order valence-corrected chi connectivity index (χ4v) is 2.56. The van der Waals surface area contributed by atoms with E-state index in [4.69, 9.17) is 0 Å². The second kappa shape index (κ2) is 7.43. The van der Waals surface area contributed by atoms with Gasteiger partial charge in [-0.25, -0.2) is 9.97 Å². The largest absolute Gasteiger partial charge is 0.393 e. The maximum Gasteiger partial charge on any atom is 0.134 e. The molecule has 5 heteroatoms. The van der Waals surface area contributed by atoms with Gasteiger partial charge in [0, 0.05) is 18.7 Å². The fraction of sp³-hybridized carbons (Fsp3) is 0.733. The van der Waals surface area contributed by atoms with Gasteiger partial charge in [0.1, 0.15) is 18.0 Å². The lowest BCUT2D eigenvalue weighted by atomic mass is 9.82. The van der Waals surface area contributed by atoms with Crippen LogP contribution in [0.2, 0.25) is 0 Å². The van der Waals surface area contributed by atoms with Crippen LogP contribution in [-0.2, 0) is 6.42 Å². The SMILES string of the molecule is CCCNc1ncnc(NCC2CC(O)C2)c1CCC. The van der Waals surface area contributed by atoms with Gasteiger partial charge in [-0.15, -0.1) is 0 Å². The van der Waals surface area contributed by atoms with E-state index in [0.29, 0.717) is 5.92 Å². The minimum atomic E-state index is -0.0934. The highest BCUT2D eigenvalue weighted by Crippen LogP contribution is 2.28. The van der Waals surface area contributed by atoms with Crippen molar-refractivity contribution < 1.29 is 5.11 Å². The zero-order chi connectivity index (χ0) is 14.4. The van der Waals surface area contributed by atoms with E-state index >= 15 is 0 Å². The minimum Gasteiger partial charge on any atom is -0.393 e. The molecule has 112 valence electrons. The number of hydrogen-bond acceptors (Lipinski definition) is 5. The first-order valence-corrected chi connectivity index (χ1v) is 7.74. The standard InChI is InChI=1S/C15H26N4O/c1-3-5-13-14(16-6-4-2)18-10-19-15(13)17-9-11-7-12(20)8-11/h10-12,20H,3-9H2,1-2H3,(H2,16,17,18,19). The topological polar surface area (TPSA) is 70.1 Å². The molecule has 20 heavy (non-hydrogen) atoms. The second-order valence-corrected chi connectivity index (χ2v) is 5.60. The molecule has 0 unspecified atom stereocenters. The van der Waals surface area contributed by atoms with Crippen LogP contribution >= 0.6 is 0 Å². The van der Waals surface area contributed by atoms with Crippen molar-refractivity contribution in [1.29, 1.82) is 0 Å². The van der Waals surface area contributed by atoms with E-state index in [2.05, 4.69) is 34.4 Å². The molecule has 2 rings (SSSR count).